The average Bonchev–Trinajstić information content (AvgIpc) is 3.25. The molecule has 0 aliphatic heterocycles. The van der Waals surface area contributed by atoms with Crippen molar-refractivity contribution in [3.63, 3.8) is 0 Å². The second kappa shape index (κ2) is 7.97. The lowest BCUT2D eigenvalue weighted by atomic mass is 10.1. The van der Waals surface area contributed by atoms with Gasteiger partial charge in [0.15, 0.2) is 0 Å². The van der Waals surface area contributed by atoms with Crippen LogP contribution in [0.1, 0.15) is 30.4 Å². The third kappa shape index (κ3) is 4.58. The third-order valence-corrected chi connectivity index (χ3v) is 4.42. The molecule has 1 heterocycles. The van der Waals surface area contributed by atoms with Crippen LogP contribution < -0.4 is 10.6 Å². The molecule has 2 aromatic rings. The molecule has 128 valence electrons. The van der Waals surface area contributed by atoms with E-state index in [1.165, 1.54) is 5.56 Å². The Kier molecular flexibility index (Phi) is 5.48. The monoisotopic (exact) mass is 328 g/mol. The van der Waals surface area contributed by atoms with Crippen LogP contribution in [-0.2, 0) is 17.8 Å². The van der Waals surface area contributed by atoms with E-state index in [0.717, 1.165) is 31.4 Å². The van der Waals surface area contributed by atoms with Crippen LogP contribution in [0.25, 0.3) is 0 Å². The summed E-state index contributed by atoms with van der Waals surface area (Å²) < 4.78 is 7.35. The van der Waals surface area contributed by atoms with E-state index in [1.54, 1.807) is 19.6 Å². The van der Waals surface area contributed by atoms with Crippen molar-refractivity contribution in [2.75, 3.05) is 7.11 Å². The van der Waals surface area contributed by atoms with Gasteiger partial charge in [0.05, 0.1) is 12.4 Å². The van der Waals surface area contributed by atoms with Crippen LogP contribution in [-0.4, -0.2) is 34.8 Å². The topological polar surface area (TPSA) is 68.2 Å². The Hall–Kier alpha value is -2.34. The summed E-state index contributed by atoms with van der Waals surface area (Å²) in [6.07, 6.45) is 8.66. The van der Waals surface area contributed by atoms with Crippen LogP contribution >= 0.6 is 0 Å². The minimum atomic E-state index is -0.114. The molecule has 24 heavy (non-hydrogen) atoms. The lowest BCUT2D eigenvalue weighted by molar-refractivity contribution is 0.107. The molecule has 2 atom stereocenters. The van der Waals surface area contributed by atoms with E-state index in [2.05, 4.69) is 27.8 Å². The molecular formula is C18H24N4O2. The number of ether oxygens (including phenoxy) is 1. The summed E-state index contributed by atoms with van der Waals surface area (Å²) in [5.41, 5.74) is 2.27. The molecule has 1 fully saturated rings. The van der Waals surface area contributed by atoms with Crippen molar-refractivity contribution in [3.05, 3.63) is 54.1 Å². The molecule has 1 aliphatic carbocycles. The van der Waals surface area contributed by atoms with Gasteiger partial charge in [-0.25, -0.2) is 9.78 Å². The highest BCUT2D eigenvalue weighted by Gasteiger charge is 2.25. The quantitative estimate of drug-likeness (QED) is 0.855. The first kappa shape index (κ1) is 16.5. The highest BCUT2D eigenvalue weighted by atomic mass is 16.5. The number of imidazole rings is 1. The molecule has 1 saturated carbocycles. The number of hydrogen-bond donors (Lipinski definition) is 2. The number of urea groups is 1. The van der Waals surface area contributed by atoms with Gasteiger partial charge in [0.1, 0.15) is 0 Å². The fourth-order valence-corrected chi connectivity index (χ4v) is 3.13. The molecular weight excluding hydrogens is 304 g/mol. The van der Waals surface area contributed by atoms with E-state index in [-0.39, 0.29) is 18.2 Å². The van der Waals surface area contributed by atoms with Crippen LogP contribution in [0, 0.1) is 0 Å². The highest BCUT2D eigenvalue weighted by molar-refractivity contribution is 5.74. The van der Waals surface area contributed by atoms with Gasteiger partial charge in [-0.1, -0.05) is 24.3 Å². The van der Waals surface area contributed by atoms with Crippen LogP contribution in [0.15, 0.2) is 43.0 Å². The van der Waals surface area contributed by atoms with Gasteiger partial charge in [-0.3, -0.25) is 0 Å². The SMILES string of the molecule is CO[C@@H]1CC[C@H](NC(=O)NCc2cccc(Cn3ccnc3)c2)C1. The summed E-state index contributed by atoms with van der Waals surface area (Å²) in [5.74, 6) is 0. The largest absolute Gasteiger partial charge is 0.381 e. The normalized spacial score (nSPS) is 20.0. The van der Waals surface area contributed by atoms with Crippen molar-refractivity contribution in [3.8, 4) is 0 Å². The van der Waals surface area contributed by atoms with Crippen molar-refractivity contribution < 1.29 is 9.53 Å². The summed E-state index contributed by atoms with van der Waals surface area (Å²) in [6, 6.07) is 8.32. The number of methoxy groups -OCH3 is 1. The second-order valence-corrected chi connectivity index (χ2v) is 6.25. The van der Waals surface area contributed by atoms with Gasteiger partial charge in [0, 0.05) is 38.6 Å². The number of aromatic nitrogens is 2. The van der Waals surface area contributed by atoms with Gasteiger partial charge >= 0.3 is 6.03 Å². The summed E-state index contributed by atoms with van der Waals surface area (Å²) in [6.45, 7) is 1.30. The molecule has 0 bridgehead atoms. The number of carbonyl (C=O) groups excluding carboxylic acids is 1. The Morgan fingerprint density at radius 1 is 1.38 bits per heavy atom. The van der Waals surface area contributed by atoms with Crippen LogP contribution in [0.3, 0.4) is 0 Å². The van der Waals surface area contributed by atoms with E-state index >= 15 is 0 Å². The summed E-state index contributed by atoms with van der Waals surface area (Å²) in [7, 11) is 1.73. The van der Waals surface area contributed by atoms with Gasteiger partial charge in [-0.15, -0.1) is 0 Å². The molecule has 1 aromatic carbocycles. The van der Waals surface area contributed by atoms with E-state index in [4.69, 9.17) is 4.74 Å². The van der Waals surface area contributed by atoms with Gasteiger partial charge < -0.3 is 19.9 Å². The Labute approximate surface area is 142 Å². The molecule has 0 radical (unpaired) electrons. The highest BCUT2D eigenvalue weighted by Crippen LogP contribution is 2.21. The fraction of sp³-hybridized carbons (Fsp3) is 0.444. The first-order chi connectivity index (χ1) is 11.7. The zero-order chi connectivity index (χ0) is 16.8. The molecule has 0 spiro atoms. The zero-order valence-electron chi connectivity index (χ0n) is 13.9. The van der Waals surface area contributed by atoms with Crippen molar-refractivity contribution in [1.82, 2.24) is 20.2 Å². The molecule has 0 saturated heterocycles. The molecule has 6 heteroatoms. The number of nitrogens with one attached hydrogen (secondary N) is 2. The van der Waals surface area contributed by atoms with Crippen molar-refractivity contribution >= 4 is 6.03 Å². The van der Waals surface area contributed by atoms with Crippen LogP contribution in [0.4, 0.5) is 4.79 Å². The smallest absolute Gasteiger partial charge is 0.315 e. The summed E-state index contributed by atoms with van der Waals surface area (Å²) in [4.78, 5) is 16.1. The molecule has 2 amide bonds. The Balaban J connectivity index is 1.47. The van der Waals surface area contributed by atoms with Crippen molar-refractivity contribution in [2.45, 2.75) is 44.5 Å². The Morgan fingerprint density at radius 2 is 2.25 bits per heavy atom. The number of rotatable bonds is 6. The molecule has 6 nitrogen and oxygen atoms in total. The van der Waals surface area contributed by atoms with Gasteiger partial charge in [-0.2, -0.15) is 0 Å². The van der Waals surface area contributed by atoms with Crippen LogP contribution in [0.2, 0.25) is 0 Å². The van der Waals surface area contributed by atoms with Crippen LogP contribution in [0.5, 0.6) is 0 Å². The van der Waals surface area contributed by atoms with Crippen molar-refractivity contribution in [2.24, 2.45) is 0 Å². The summed E-state index contributed by atoms with van der Waals surface area (Å²) >= 11 is 0. The standard InChI is InChI=1S/C18H24N4O2/c1-24-17-6-5-16(10-17)21-18(23)20-11-14-3-2-4-15(9-14)12-22-8-7-19-13-22/h2-4,7-9,13,16-17H,5-6,10-12H2,1H3,(H2,20,21,23)/t16-,17+/m0/s1. The van der Waals surface area contributed by atoms with E-state index < -0.39 is 0 Å². The molecule has 1 aromatic heterocycles. The maximum absolute atomic E-state index is 12.0. The number of carbonyl (C=O) groups is 1. The maximum Gasteiger partial charge on any atom is 0.315 e. The fourth-order valence-electron chi connectivity index (χ4n) is 3.13. The number of hydrogen-bond acceptors (Lipinski definition) is 3. The molecule has 3 rings (SSSR count). The lowest BCUT2D eigenvalue weighted by Crippen LogP contribution is -2.40. The Bertz CT molecular complexity index is 657. The van der Waals surface area contributed by atoms with E-state index in [1.807, 2.05) is 22.9 Å². The maximum atomic E-state index is 12.0. The first-order valence-electron chi connectivity index (χ1n) is 8.33. The average molecular weight is 328 g/mol. The number of nitrogens with zero attached hydrogens (tertiary/aromatic N) is 2. The van der Waals surface area contributed by atoms with E-state index in [0.29, 0.717) is 6.54 Å². The molecule has 2 N–H and O–H groups in total. The third-order valence-electron chi connectivity index (χ3n) is 4.42. The first-order valence-corrected chi connectivity index (χ1v) is 8.33. The molecule has 1 aliphatic rings. The second-order valence-electron chi connectivity index (χ2n) is 6.25. The van der Waals surface area contributed by atoms with Gasteiger partial charge in [0.25, 0.3) is 0 Å². The van der Waals surface area contributed by atoms with Gasteiger partial charge in [-0.05, 0) is 30.4 Å². The molecule has 0 unspecified atom stereocenters. The lowest BCUT2D eigenvalue weighted by Gasteiger charge is -2.14. The van der Waals surface area contributed by atoms with Gasteiger partial charge in [0.2, 0.25) is 0 Å². The predicted octanol–water partition coefficient (Wildman–Crippen LogP) is 2.30. The Morgan fingerprint density at radius 3 is 3.00 bits per heavy atom. The number of amides is 2. The van der Waals surface area contributed by atoms with E-state index in [9.17, 15) is 4.79 Å². The van der Waals surface area contributed by atoms with Crippen molar-refractivity contribution in [1.29, 1.82) is 0 Å². The summed E-state index contributed by atoms with van der Waals surface area (Å²) in [5, 5.41) is 5.96. The minimum absolute atomic E-state index is 0.114. The predicted molar refractivity (Wildman–Crippen MR) is 91.6 cm³/mol. The zero-order valence-corrected chi connectivity index (χ0v) is 13.9. The number of benzene rings is 1. The minimum Gasteiger partial charge on any atom is -0.381 e.